The Hall–Kier alpha value is -2.17. The number of hydrogen-bond donors (Lipinski definition) is 2. The quantitative estimate of drug-likeness (QED) is 0.694. The third-order valence-electron chi connectivity index (χ3n) is 1.75. The van der Waals surface area contributed by atoms with E-state index in [-0.39, 0.29) is 0 Å². The Balaban J connectivity index is 0.000000160. The summed E-state index contributed by atoms with van der Waals surface area (Å²) >= 11 is 0. The van der Waals surface area contributed by atoms with Crippen molar-refractivity contribution in [2.75, 3.05) is 11.5 Å². The fourth-order valence-corrected chi connectivity index (χ4v) is 1.03. The molecule has 0 unspecified atom stereocenters. The van der Waals surface area contributed by atoms with Crippen molar-refractivity contribution in [1.82, 2.24) is 15.0 Å². The number of aromatic nitrogens is 3. The Morgan fingerprint density at radius 2 is 1.69 bits per heavy atom. The van der Waals surface area contributed by atoms with E-state index in [4.69, 9.17) is 11.5 Å². The summed E-state index contributed by atoms with van der Waals surface area (Å²) < 4.78 is 0. The van der Waals surface area contributed by atoms with Crippen LogP contribution in [0.4, 0.5) is 11.8 Å². The number of nitrogens with zero attached hydrogens (tertiary/aromatic N) is 3. The van der Waals surface area contributed by atoms with Gasteiger partial charge in [0.1, 0.15) is 5.82 Å². The minimum atomic E-state index is 0.338. The fraction of sp³-hybridized carbons (Fsp3) is 0.182. The van der Waals surface area contributed by atoms with Gasteiger partial charge >= 0.3 is 0 Å². The topological polar surface area (TPSA) is 90.7 Å². The van der Waals surface area contributed by atoms with E-state index >= 15 is 0 Å². The molecule has 0 bridgehead atoms. The molecule has 2 aromatic heterocycles. The van der Waals surface area contributed by atoms with E-state index in [0.29, 0.717) is 11.8 Å². The molecule has 4 N–H and O–H groups in total. The molecule has 5 heteroatoms. The van der Waals surface area contributed by atoms with Crippen molar-refractivity contribution < 1.29 is 0 Å². The number of pyridine rings is 1. The average Bonchev–Trinajstić information content (AvgIpc) is 2.17. The van der Waals surface area contributed by atoms with Gasteiger partial charge in [0.25, 0.3) is 0 Å². The van der Waals surface area contributed by atoms with Crippen LogP contribution in [0, 0.1) is 13.8 Å². The molecule has 84 valence electrons. The highest BCUT2D eigenvalue weighted by Crippen LogP contribution is 1.98. The molecule has 2 heterocycles. The second kappa shape index (κ2) is 5.65. The summed E-state index contributed by atoms with van der Waals surface area (Å²) in [6.07, 6.45) is 3.34. The van der Waals surface area contributed by atoms with Crippen molar-refractivity contribution in [2.45, 2.75) is 13.8 Å². The average molecular weight is 217 g/mol. The van der Waals surface area contributed by atoms with Crippen LogP contribution in [-0.2, 0) is 0 Å². The molecule has 2 aromatic rings. The molecule has 0 saturated carbocycles. The highest BCUT2D eigenvalue weighted by molar-refractivity contribution is 5.30. The van der Waals surface area contributed by atoms with Crippen molar-refractivity contribution in [1.29, 1.82) is 0 Å². The molecule has 0 aliphatic rings. The molecule has 0 aliphatic carbocycles. The number of rotatable bonds is 0. The van der Waals surface area contributed by atoms with Gasteiger partial charge in [0.05, 0.1) is 0 Å². The van der Waals surface area contributed by atoms with Gasteiger partial charge < -0.3 is 11.5 Å². The number of anilines is 2. The van der Waals surface area contributed by atoms with Gasteiger partial charge in [0.15, 0.2) is 0 Å². The van der Waals surface area contributed by atoms with Crippen molar-refractivity contribution in [2.24, 2.45) is 0 Å². The predicted molar refractivity (Wildman–Crippen MR) is 64.6 cm³/mol. The minimum Gasteiger partial charge on any atom is -0.384 e. The van der Waals surface area contributed by atoms with Crippen LogP contribution >= 0.6 is 0 Å². The minimum absolute atomic E-state index is 0.338. The zero-order valence-electron chi connectivity index (χ0n) is 9.38. The number of aryl methyl sites for hydroxylation is 2. The lowest BCUT2D eigenvalue weighted by molar-refractivity contribution is 1.12. The lowest BCUT2D eigenvalue weighted by atomic mass is 10.3. The van der Waals surface area contributed by atoms with Gasteiger partial charge in [-0.1, -0.05) is 0 Å². The maximum Gasteiger partial charge on any atom is 0.220 e. The van der Waals surface area contributed by atoms with Crippen LogP contribution in [0.3, 0.4) is 0 Å². The van der Waals surface area contributed by atoms with Crippen LogP contribution in [0.1, 0.15) is 11.3 Å². The standard InChI is InChI=1S/C6H8N2.C5H7N3/c1-5-2-3-8-6(7)4-5;1-4-2-3-7-5(6)8-4/h2-4H,1H3,(H2,7,8);2-3H,1H3,(H2,6,7,8). The molecule has 0 spiro atoms. The summed E-state index contributed by atoms with van der Waals surface area (Å²) in [5.41, 5.74) is 12.6. The van der Waals surface area contributed by atoms with Gasteiger partial charge in [-0.05, 0) is 37.6 Å². The summed E-state index contributed by atoms with van der Waals surface area (Å²) in [6.45, 7) is 3.86. The van der Waals surface area contributed by atoms with E-state index in [1.165, 1.54) is 0 Å². The molecule has 0 saturated heterocycles. The molecule has 5 nitrogen and oxygen atoms in total. The SMILES string of the molecule is Cc1ccnc(N)c1.Cc1ccnc(N)n1. The zero-order chi connectivity index (χ0) is 12.0. The van der Waals surface area contributed by atoms with E-state index < -0.39 is 0 Å². The van der Waals surface area contributed by atoms with Gasteiger partial charge in [-0.25, -0.2) is 15.0 Å². The lowest BCUT2D eigenvalue weighted by Crippen LogP contribution is -1.93. The highest BCUT2D eigenvalue weighted by Gasteiger charge is 1.84. The predicted octanol–water partition coefficient (Wildman–Crippen LogP) is 1.34. The van der Waals surface area contributed by atoms with Crippen molar-refractivity contribution in [3.63, 3.8) is 0 Å². The first-order chi connectivity index (χ1) is 7.58. The van der Waals surface area contributed by atoms with Crippen molar-refractivity contribution in [3.8, 4) is 0 Å². The van der Waals surface area contributed by atoms with Crippen LogP contribution in [0.2, 0.25) is 0 Å². The Morgan fingerprint density at radius 3 is 2.06 bits per heavy atom. The molecule has 0 fully saturated rings. The van der Waals surface area contributed by atoms with Gasteiger partial charge in [0.2, 0.25) is 5.95 Å². The number of nitrogens with two attached hydrogens (primary N) is 2. The summed E-state index contributed by atoms with van der Waals surface area (Å²) in [4.78, 5) is 11.4. The first-order valence-corrected chi connectivity index (χ1v) is 4.81. The third kappa shape index (κ3) is 4.36. The molecule has 2 rings (SSSR count). The lowest BCUT2D eigenvalue weighted by Gasteiger charge is -1.90. The summed E-state index contributed by atoms with van der Waals surface area (Å²) in [5.74, 6) is 0.926. The largest absolute Gasteiger partial charge is 0.384 e. The summed E-state index contributed by atoms with van der Waals surface area (Å²) in [6, 6.07) is 5.55. The first-order valence-electron chi connectivity index (χ1n) is 4.81. The number of hydrogen-bond acceptors (Lipinski definition) is 5. The second-order valence-electron chi connectivity index (χ2n) is 3.31. The summed E-state index contributed by atoms with van der Waals surface area (Å²) in [5, 5.41) is 0. The van der Waals surface area contributed by atoms with Crippen LogP contribution < -0.4 is 11.5 Å². The van der Waals surface area contributed by atoms with Gasteiger partial charge in [-0.15, -0.1) is 0 Å². The second-order valence-corrected chi connectivity index (χ2v) is 3.31. The van der Waals surface area contributed by atoms with E-state index in [1.54, 1.807) is 18.5 Å². The molecule has 0 radical (unpaired) electrons. The van der Waals surface area contributed by atoms with Gasteiger partial charge in [-0.3, -0.25) is 0 Å². The molecular weight excluding hydrogens is 202 g/mol. The van der Waals surface area contributed by atoms with Gasteiger partial charge in [-0.2, -0.15) is 0 Å². The maximum absolute atomic E-state index is 5.35. The van der Waals surface area contributed by atoms with Crippen LogP contribution in [0.25, 0.3) is 0 Å². The summed E-state index contributed by atoms with van der Waals surface area (Å²) in [7, 11) is 0. The first kappa shape index (κ1) is 11.9. The van der Waals surface area contributed by atoms with Crippen molar-refractivity contribution in [3.05, 3.63) is 41.9 Å². The normalized spacial score (nSPS) is 9.12. The van der Waals surface area contributed by atoms with E-state index in [2.05, 4.69) is 15.0 Å². The Bertz CT molecular complexity index is 378. The van der Waals surface area contributed by atoms with Crippen LogP contribution in [-0.4, -0.2) is 15.0 Å². The monoisotopic (exact) mass is 217 g/mol. The molecule has 0 amide bonds. The molecule has 0 aromatic carbocycles. The molecule has 0 aliphatic heterocycles. The van der Waals surface area contributed by atoms with E-state index in [1.807, 2.05) is 26.0 Å². The fourth-order valence-electron chi connectivity index (χ4n) is 1.03. The van der Waals surface area contributed by atoms with E-state index in [9.17, 15) is 0 Å². The third-order valence-corrected chi connectivity index (χ3v) is 1.75. The smallest absolute Gasteiger partial charge is 0.220 e. The highest BCUT2D eigenvalue weighted by atomic mass is 15.0. The van der Waals surface area contributed by atoms with Crippen LogP contribution in [0.15, 0.2) is 30.6 Å². The van der Waals surface area contributed by atoms with Crippen LogP contribution in [0.5, 0.6) is 0 Å². The Kier molecular flexibility index (Phi) is 4.20. The molecule has 0 atom stereocenters. The Morgan fingerprint density at radius 1 is 1.00 bits per heavy atom. The Labute approximate surface area is 94.6 Å². The van der Waals surface area contributed by atoms with Gasteiger partial charge in [0, 0.05) is 18.1 Å². The number of nitrogen functional groups attached to an aromatic ring is 2. The van der Waals surface area contributed by atoms with E-state index in [0.717, 1.165) is 11.3 Å². The zero-order valence-corrected chi connectivity index (χ0v) is 9.38. The van der Waals surface area contributed by atoms with Crippen molar-refractivity contribution >= 4 is 11.8 Å². The maximum atomic E-state index is 5.35. The molecular formula is C11H15N5. The molecule has 16 heavy (non-hydrogen) atoms.